The molecule has 2 heterocycles. The van der Waals surface area contributed by atoms with E-state index in [1.807, 2.05) is 36.4 Å². The van der Waals surface area contributed by atoms with Crippen LogP contribution in [0.4, 0.5) is 5.82 Å². The number of amides is 1. The molecule has 2 aromatic heterocycles. The quantitative estimate of drug-likeness (QED) is 0.518. The van der Waals surface area contributed by atoms with E-state index >= 15 is 0 Å². The standard InChI is InChI=1S/C20H16BrN5O2/c21-14-6-7-17-16(12-14)20(28)25(13-22-17)10-9-19(27)23-18-8-11-26(24-18)15-4-2-1-3-5-15/h1-8,11-13H,9-10H2,(H,23,24,27). The fourth-order valence-corrected chi connectivity index (χ4v) is 3.19. The average Bonchev–Trinajstić information content (AvgIpc) is 3.17. The number of fused-ring (bicyclic) bond motifs is 1. The Labute approximate surface area is 168 Å². The lowest BCUT2D eigenvalue weighted by Crippen LogP contribution is -2.23. The molecule has 2 aromatic carbocycles. The van der Waals surface area contributed by atoms with Gasteiger partial charge in [0.25, 0.3) is 5.56 Å². The van der Waals surface area contributed by atoms with Crippen LogP contribution >= 0.6 is 15.9 Å². The third-order valence-corrected chi connectivity index (χ3v) is 4.74. The maximum atomic E-state index is 12.6. The van der Waals surface area contributed by atoms with Crippen molar-refractivity contribution in [2.24, 2.45) is 0 Å². The molecule has 0 fully saturated rings. The first-order valence-corrected chi connectivity index (χ1v) is 9.45. The second kappa shape index (κ2) is 7.77. The summed E-state index contributed by atoms with van der Waals surface area (Å²) in [5.41, 5.74) is 1.36. The van der Waals surface area contributed by atoms with Crippen molar-refractivity contribution in [1.82, 2.24) is 19.3 Å². The number of halogens is 1. The van der Waals surface area contributed by atoms with Crippen molar-refractivity contribution in [2.75, 3.05) is 5.32 Å². The van der Waals surface area contributed by atoms with E-state index < -0.39 is 0 Å². The fourth-order valence-electron chi connectivity index (χ4n) is 2.83. The van der Waals surface area contributed by atoms with Crippen molar-refractivity contribution < 1.29 is 4.79 Å². The molecule has 8 heteroatoms. The summed E-state index contributed by atoms with van der Waals surface area (Å²) in [7, 11) is 0. The molecule has 0 radical (unpaired) electrons. The molecule has 0 saturated carbocycles. The predicted molar refractivity (Wildman–Crippen MR) is 111 cm³/mol. The second-order valence-corrected chi connectivity index (χ2v) is 7.10. The first kappa shape index (κ1) is 18.1. The van der Waals surface area contributed by atoms with Gasteiger partial charge in [0, 0.05) is 29.7 Å². The second-order valence-electron chi connectivity index (χ2n) is 6.18. The summed E-state index contributed by atoms with van der Waals surface area (Å²) >= 11 is 3.36. The summed E-state index contributed by atoms with van der Waals surface area (Å²) in [4.78, 5) is 29.1. The van der Waals surface area contributed by atoms with Crippen molar-refractivity contribution in [2.45, 2.75) is 13.0 Å². The van der Waals surface area contributed by atoms with Gasteiger partial charge in [-0.25, -0.2) is 9.67 Å². The first-order chi connectivity index (χ1) is 13.6. The lowest BCUT2D eigenvalue weighted by Gasteiger charge is -2.07. The highest BCUT2D eigenvalue weighted by atomic mass is 79.9. The third-order valence-electron chi connectivity index (χ3n) is 4.24. The fraction of sp³-hybridized carbons (Fsp3) is 0.100. The molecule has 7 nitrogen and oxygen atoms in total. The van der Waals surface area contributed by atoms with E-state index in [9.17, 15) is 9.59 Å². The van der Waals surface area contributed by atoms with E-state index in [4.69, 9.17) is 0 Å². The number of hydrogen-bond acceptors (Lipinski definition) is 4. The molecule has 0 spiro atoms. The van der Waals surface area contributed by atoms with Gasteiger partial charge in [0.1, 0.15) is 0 Å². The zero-order valence-electron chi connectivity index (χ0n) is 14.7. The predicted octanol–water partition coefficient (Wildman–Crippen LogP) is 3.37. The van der Waals surface area contributed by atoms with E-state index in [0.717, 1.165) is 10.2 Å². The van der Waals surface area contributed by atoms with E-state index in [1.54, 1.807) is 29.1 Å². The van der Waals surface area contributed by atoms with Crippen molar-refractivity contribution in [1.29, 1.82) is 0 Å². The summed E-state index contributed by atoms with van der Waals surface area (Å²) in [6.45, 7) is 0.236. The monoisotopic (exact) mass is 437 g/mol. The van der Waals surface area contributed by atoms with Crippen LogP contribution in [0.1, 0.15) is 6.42 Å². The Morgan fingerprint density at radius 1 is 1.11 bits per heavy atom. The van der Waals surface area contributed by atoms with Crippen LogP contribution in [0.5, 0.6) is 0 Å². The maximum Gasteiger partial charge on any atom is 0.261 e. The minimum Gasteiger partial charge on any atom is -0.309 e. The molecule has 28 heavy (non-hydrogen) atoms. The molecule has 4 aromatic rings. The maximum absolute atomic E-state index is 12.6. The van der Waals surface area contributed by atoms with Crippen molar-refractivity contribution in [3.05, 3.63) is 81.9 Å². The van der Waals surface area contributed by atoms with Crippen LogP contribution < -0.4 is 10.9 Å². The molecule has 4 rings (SSSR count). The number of anilines is 1. The van der Waals surface area contributed by atoms with Crippen molar-refractivity contribution >= 4 is 38.6 Å². The molecule has 0 aliphatic heterocycles. The molecular weight excluding hydrogens is 422 g/mol. The highest BCUT2D eigenvalue weighted by Crippen LogP contribution is 2.15. The number of carbonyl (C=O) groups excluding carboxylic acids is 1. The molecule has 0 aliphatic carbocycles. The number of benzene rings is 2. The number of nitrogens with one attached hydrogen (secondary N) is 1. The number of carbonyl (C=O) groups is 1. The zero-order chi connectivity index (χ0) is 19.5. The van der Waals surface area contributed by atoms with Crippen LogP contribution in [0.2, 0.25) is 0 Å². The number of nitrogens with zero attached hydrogens (tertiary/aromatic N) is 4. The smallest absolute Gasteiger partial charge is 0.261 e. The van der Waals surface area contributed by atoms with Crippen LogP contribution in [0.3, 0.4) is 0 Å². The van der Waals surface area contributed by atoms with Gasteiger partial charge in [-0.15, -0.1) is 0 Å². The number of aryl methyl sites for hydroxylation is 1. The van der Waals surface area contributed by atoms with E-state index in [-0.39, 0.29) is 24.4 Å². The lowest BCUT2D eigenvalue weighted by molar-refractivity contribution is -0.116. The third kappa shape index (κ3) is 3.86. The molecule has 1 N–H and O–H groups in total. The van der Waals surface area contributed by atoms with Crippen LogP contribution in [-0.2, 0) is 11.3 Å². The van der Waals surface area contributed by atoms with Crippen molar-refractivity contribution in [3.63, 3.8) is 0 Å². The van der Waals surface area contributed by atoms with Gasteiger partial charge >= 0.3 is 0 Å². The Bertz CT molecular complexity index is 1200. The largest absolute Gasteiger partial charge is 0.309 e. The minimum atomic E-state index is -0.223. The summed E-state index contributed by atoms with van der Waals surface area (Å²) in [5.74, 6) is 0.237. The van der Waals surface area contributed by atoms with Gasteiger partial charge in [0.2, 0.25) is 5.91 Å². The number of rotatable bonds is 5. The van der Waals surface area contributed by atoms with E-state index in [1.165, 1.54) is 10.9 Å². The van der Waals surface area contributed by atoms with Crippen molar-refractivity contribution in [3.8, 4) is 5.69 Å². The van der Waals surface area contributed by atoms with Gasteiger partial charge in [-0.05, 0) is 30.3 Å². The highest BCUT2D eigenvalue weighted by molar-refractivity contribution is 9.10. The first-order valence-electron chi connectivity index (χ1n) is 8.66. The van der Waals surface area contributed by atoms with Crippen LogP contribution in [0.25, 0.3) is 16.6 Å². The summed E-state index contributed by atoms with van der Waals surface area (Å²) in [6.07, 6.45) is 3.38. The molecule has 1 amide bonds. The molecule has 0 saturated heterocycles. The van der Waals surface area contributed by atoms with Gasteiger partial charge in [-0.3, -0.25) is 14.2 Å². The van der Waals surface area contributed by atoms with Crippen LogP contribution in [0, 0.1) is 0 Å². The Balaban J connectivity index is 1.43. The normalized spacial score (nSPS) is 10.9. The SMILES string of the molecule is O=C(CCn1cnc2ccc(Br)cc2c1=O)Nc1ccn(-c2ccccc2)n1. The zero-order valence-corrected chi connectivity index (χ0v) is 16.3. The van der Waals surface area contributed by atoms with Gasteiger partial charge in [0.15, 0.2) is 5.82 Å². The Morgan fingerprint density at radius 3 is 2.75 bits per heavy atom. The van der Waals surface area contributed by atoms with Gasteiger partial charge in [-0.2, -0.15) is 5.10 Å². The van der Waals surface area contributed by atoms with Gasteiger partial charge in [-0.1, -0.05) is 34.1 Å². The van der Waals surface area contributed by atoms with Crippen LogP contribution in [-0.4, -0.2) is 25.2 Å². The number of aromatic nitrogens is 4. The summed E-state index contributed by atoms with van der Waals surface area (Å²) < 4.78 is 3.94. The highest BCUT2D eigenvalue weighted by Gasteiger charge is 2.09. The van der Waals surface area contributed by atoms with Crippen LogP contribution in [0.15, 0.2) is 76.4 Å². The van der Waals surface area contributed by atoms with E-state index in [0.29, 0.717) is 16.7 Å². The molecule has 0 atom stereocenters. The topological polar surface area (TPSA) is 81.8 Å². The summed E-state index contributed by atoms with van der Waals surface area (Å²) in [6, 6.07) is 16.7. The van der Waals surface area contributed by atoms with E-state index in [2.05, 4.69) is 31.3 Å². The minimum absolute atomic E-state index is 0.138. The molecule has 0 bridgehead atoms. The molecule has 0 unspecified atom stereocenters. The Kier molecular flexibility index (Phi) is 5.03. The molecular formula is C20H16BrN5O2. The molecule has 140 valence electrons. The Morgan fingerprint density at radius 2 is 1.93 bits per heavy atom. The molecule has 0 aliphatic rings. The number of hydrogen-bond donors (Lipinski definition) is 1. The summed E-state index contributed by atoms with van der Waals surface area (Å²) in [5, 5.41) is 7.61. The number of para-hydroxylation sites is 1. The lowest BCUT2D eigenvalue weighted by atomic mass is 10.2. The Hall–Kier alpha value is -3.26. The van der Waals surface area contributed by atoms with Gasteiger partial charge < -0.3 is 5.32 Å². The van der Waals surface area contributed by atoms with Gasteiger partial charge in [0.05, 0.1) is 22.9 Å². The average molecular weight is 438 g/mol.